The summed E-state index contributed by atoms with van der Waals surface area (Å²) in [6.45, 7) is 0.460. The fourth-order valence-electron chi connectivity index (χ4n) is 2.96. The Morgan fingerprint density at radius 3 is 2.41 bits per heavy atom. The Bertz CT molecular complexity index is 996. The van der Waals surface area contributed by atoms with Gasteiger partial charge in [0.15, 0.2) is 0 Å². The first-order valence-corrected chi connectivity index (χ1v) is 9.96. The molecule has 27 heavy (non-hydrogen) atoms. The lowest BCUT2D eigenvalue weighted by Gasteiger charge is -2.19. The predicted molar refractivity (Wildman–Crippen MR) is 98.5 cm³/mol. The number of aromatic nitrogens is 1. The van der Waals surface area contributed by atoms with Crippen LogP contribution in [-0.2, 0) is 21.4 Å². The van der Waals surface area contributed by atoms with E-state index in [4.69, 9.17) is 0 Å². The first-order valence-electron chi connectivity index (χ1n) is 8.52. The first kappa shape index (κ1) is 19.2. The molecular weight excluding hydrogens is 373 g/mol. The highest BCUT2D eigenvalue weighted by Gasteiger charge is 2.30. The summed E-state index contributed by atoms with van der Waals surface area (Å²) in [5.41, 5.74) is -0.263. The SMILES string of the molecule is CN(C(=O)Cn1cccc(S(=O)(=O)N2CCCC2)c1=O)c1ccc(F)cc1. The van der Waals surface area contributed by atoms with Gasteiger partial charge in [0.25, 0.3) is 5.56 Å². The molecule has 1 fully saturated rings. The molecule has 0 aliphatic carbocycles. The number of benzene rings is 1. The zero-order chi connectivity index (χ0) is 19.6. The average molecular weight is 393 g/mol. The van der Waals surface area contributed by atoms with Crippen LogP contribution in [0.1, 0.15) is 12.8 Å². The smallest absolute Gasteiger partial charge is 0.271 e. The van der Waals surface area contributed by atoms with Crippen molar-refractivity contribution in [2.45, 2.75) is 24.3 Å². The van der Waals surface area contributed by atoms with Crippen LogP contribution < -0.4 is 10.5 Å². The predicted octanol–water partition coefficient (Wildman–Crippen LogP) is 1.43. The minimum absolute atomic E-state index is 0.323. The van der Waals surface area contributed by atoms with Gasteiger partial charge in [-0.1, -0.05) is 0 Å². The van der Waals surface area contributed by atoms with E-state index in [2.05, 4.69) is 0 Å². The van der Waals surface area contributed by atoms with E-state index in [0.29, 0.717) is 18.8 Å². The molecule has 144 valence electrons. The van der Waals surface area contributed by atoms with Crippen molar-refractivity contribution in [2.75, 3.05) is 25.0 Å². The van der Waals surface area contributed by atoms with Gasteiger partial charge >= 0.3 is 0 Å². The number of rotatable bonds is 5. The third kappa shape index (κ3) is 3.93. The van der Waals surface area contributed by atoms with Gasteiger partial charge in [-0.3, -0.25) is 9.59 Å². The molecule has 1 saturated heterocycles. The molecule has 3 rings (SSSR count). The number of nitrogens with zero attached hydrogens (tertiary/aromatic N) is 3. The van der Waals surface area contributed by atoms with Gasteiger partial charge < -0.3 is 9.47 Å². The Labute approximate surface area is 156 Å². The maximum Gasteiger partial charge on any atom is 0.271 e. The molecule has 1 amide bonds. The van der Waals surface area contributed by atoms with Crippen LogP contribution in [0.5, 0.6) is 0 Å². The Morgan fingerprint density at radius 2 is 1.78 bits per heavy atom. The first-order chi connectivity index (χ1) is 12.8. The van der Waals surface area contributed by atoms with Crippen molar-refractivity contribution < 1.29 is 17.6 Å². The third-order valence-electron chi connectivity index (χ3n) is 4.56. The minimum atomic E-state index is -3.87. The van der Waals surface area contributed by atoms with E-state index in [-0.39, 0.29) is 11.4 Å². The van der Waals surface area contributed by atoms with E-state index < -0.39 is 27.3 Å². The average Bonchev–Trinajstić information content (AvgIpc) is 3.19. The Balaban J connectivity index is 1.84. The summed E-state index contributed by atoms with van der Waals surface area (Å²) in [4.78, 5) is 26.1. The summed E-state index contributed by atoms with van der Waals surface area (Å²) in [5, 5.41) is 0. The second kappa shape index (κ2) is 7.61. The van der Waals surface area contributed by atoms with Crippen LogP contribution in [-0.4, -0.2) is 43.3 Å². The van der Waals surface area contributed by atoms with Crippen LogP contribution in [0, 0.1) is 5.82 Å². The largest absolute Gasteiger partial charge is 0.314 e. The van der Waals surface area contributed by atoms with Crippen molar-refractivity contribution in [1.29, 1.82) is 0 Å². The maximum atomic E-state index is 13.0. The third-order valence-corrected chi connectivity index (χ3v) is 6.47. The van der Waals surface area contributed by atoms with Crippen molar-refractivity contribution in [1.82, 2.24) is 8.87 Å². The number of hydrogen-bond donors (Lipinski definition) is 0. The summed E-state index contributed by atoms with van der Waals surface area (Å²) in [7, 11) is -2.37. The number of sulfonamides is 1. The Morgan fingerprint density at radius 1 is 1.15 bits per heavy atom. The molecule has 1 aliphatic heterocycles. The van der Waals surface area contributed by atoms with E-state index in [1.807, 2.05) is 0 Å². The Kier molecular flexibility index (Phi) is 5.43. The molecule has 2 aromatic rings. The molecule has 0 N–H and O–H groups in total. The molecule has 2 heterocycles. The van der Waals surface area contributed by atoms with E-state index in [0.717, 1.165) is 17.4 Å². The van der Waals surface area contributed by atoms with Gasteiger partial charge in [0.05, 0.1) is 0 Å². The summed E-state index contributed by atoms with van der Waals surface area (Å²) in [6.07, 6.45) is 2.91. The van der Waals surface area contributed by atoms with E-state index in [1.54, 1.807) is 0 Å². The topological polar surface area (TPSA) is 79.7 Å². The molecule has 1 aromatic heterocycles. The van der Waals surface area contributed by atoms with Crippen LogP contribution in [0.25, 0.3) is 0 Å². The van der Waals surface area contributed by atoms with Crippen LogP contribution >= 0.6 is 0 Å². The van der Waals surface area contributed by atoms with Gasteiger partial charge in [-0.15, -0.1) is 0 Å². The quantitative estimate of drug-likeness (QED) is 0.770. The second-order valence-corrected chi connectivity index (χ2v) is 8.25. The highest BCUT2D eigenvalue weighted by atomic mass is 32.2. The number of anilines is 1. The van der Waals surface area contributed by atoms with Crippen molar-refractivity contribution in [3.8, 4) is 0 Å². The zero-order valence-corrected chi connectivity index (χ0v) is 15.7. The molecule has 1 aliphatic rings. The molecule has 0 atom stereocenters. The van der Waals surface area contributed by atoms with Gasteiger partial charge in [-0.05, 0) is 49.2 Å². The zero-order valence-electron chi connectivity index (χ0n) is 14.8. The van der Waals surface area contributed by atoms with Crippen molar-refractivity contribution in [3.05, 3.63) is 58.8 Å². The number of amides is 1. The monoisotopic (exact) mass is 393 g/mol. The fourth-order valence-corrected chi connectivity index (χ4v) is 4.57. The van der Waals surface area contributed by atoms with E-state index in [9.17, 15) is 22.4 Å². The van der Waals surface area contributed by atoms with Gasteiger partial charge in [0, 0.05) is 32.0 Å². The number of hydrogen-bond acceptors (Lipinski definition) is 4. The van der Waals surface area contributed by atoms with Gasteiger partial charge in [0.2, 0.25) is 15.9 Å². The standard InChI is InChI=1S/C18H20FN3O4S/c1-20(15-8-6-14(19)7-9-15)17(23)13-21-10-4-5-16(18(21)24)27(25,26)22-11-2-3-12-22/h4-10H,2-3,11-13H2,1H3. The normalized spacial score (nSPS) is 15.0. The summed E-state index contributed by atoms with van der Waals surface area (Å²) >= 11 is 0. The lowest BCUT2D eigenvalue weighted by molar-refractivity contribution is -0.118. The fraction of sp³-hybridized carbons (Fsp3) is 0.333. The number of halogens is 1. The summed E-state index contributed by atoms with van der Waals surface area (Å²) < 4.78 is 40.7. The second-order valence-electron chi connectivity index (χ2n) is 6.35. The minimum Gasteiger partial charge on any atom is -0.314 e. The van der Waals surface area contributed by atoms with E-state index in [1.165, 1.54) is 58.8 Å². The van der Waals surface area contributed by atoms with Crippen LogP contribution in [0.4, 0.5) is 10.1 Å². The van der Waals surface area contributed by atoms with Gasteiger partial charge in [0.1, 0.15) is 17.3 Å². The lowest BCUT2D eigenvalue weighted by Crippen LogP contribution is -2.37. The van der Waals surface area contributed by atoms with Crippen LogP contribution in [0.3, 0.4) is 0 Å². The number of pyridine rings is 1. The number of carbonyl (C=O) groups excluding carboxylic acids is 1. The maximum absolute atomic E-state index is 13.0. The Hall–Kier alpha value is -2.52. The summed E-state index contributed by atoms with van der Waals surface area (Å²) in [5.74, 6) is -0.852. The van der Waals surface area contributed by atoms with Crippen molar-refractivity contribution in [2.24, 2.45) is 0 Å². The molecule has 0 spiro atoms. The van der Waals surface area contributed by atoms with Gasteiger partial charge in [-0.25, -0.2) is 12.8 Å². The highest BCUT2D eigenvalue weighted by molar-refractivity contribution is 7.89. The lowest BCUT2D eigenvalue weighted by atomic mass is 10.3. The number of carbonyl (C=O) groups is 1. The molecule has 1 aromatic carbocycles. The molecule has 0 radical (unpaired) electrons. The summed E-state index contributed by atoms with van der Waals surface area (Å²) in [6, 6.07) is 8.06. The van der Waals surface area contributed by atoms with Crippen LogP contribution in [0.2, 0.25) is 0 Å². The van der Waals surface area contributed by atoms with Crippen LogP contribution in [0.15, 0.2) is 52.3 Å². The molecule has 0 unspecified atom stereocenters. The molecular formula is C18H20FN3O4S. The molecule has 9 heteroatoms. The molecule has 7 nitrogen and oxygen atoms in total. The highest BCUT2D eigenvalue weighted by Crippen LogP contribution is 2.18. The molecule has 0 bridgehead atoms. The van der Waals surface area contributed by atoms with Crippen molar-refractivity contribution in [3.63, 3.8) is 0 Å². The van der Waals surface area contributed by atoms with Gasteiger partial charge in [-0.2, -0.15) is 4.31 Å². The molecule has 0 saturated carbocycles. The number of likely N-dealkylation sites (N-methyl/N-ethyl adjacent to an activating group) is 1. The van der Waals surface area contributed by atoms with E-state index >= 15 is 0 Å². The van der Waals surface area contributed by atoms with Crippen molar-refractivity contribution >= 4 is 21.6 Å².